The molecule has 0 saturated heterocycles. The van der Waals surface area contributed by atoms with E-state index in [0.717, 1.165) is 25.6 Å². The molecule has 0 heterocycles. The van der Waals surface area contributed by atoms with E-state index in [9.17, 15) is 0 Å². The number of nitrogens with zero attached hydrogens (tertiary/aromatic N) is 1. The summed E-state index contributed by atoms with van der Waals surface area (Å²) in [5.74, 6) is 1.33. The van der Waals surface area contributed by atoms with Crippen molar-refractivity contribution in [3.8, 4) is 0 Å². The summed E-state index contributed by atoms with van der Waals surface area (Å²) in [6.07, 6.45) is 2.77. The van der Waals surface area contributed by atoms with Gasteiger partial charge in [-0.05, 0) is 49.3 Å². The zero-order valence-electron chi connectivity index (χ0n) is 13.7. The lowest BCUT2D eigenvalue weighted by Gasteiger charge is -2.29. The Labute approximate surface area is 129 Å². The molecular weight excluding hydrogens is 260 g/mol. The van der Waals surface area contributed by atoms with Crippen molar-refractivity contribution in [1.29, 1.82) is 0 Å². The number of nitrogens with two attached hydrogens (primary N) is 1. The molecule has 0 aromatic heterocycles. The number of rotatable bonds is 9. The van der Waals surface area contributed by atoms with Gasteiger partial charge in [0.2, 0.25) is 0 Å². The van der Waals surface area contributed by atoms with Crippen LogP contribution in [0.4, 0.5) is 0 Å². The molecule has 1 aromatic rings. The molecule has 1 aromatic carbocycles. The first kappa shape index (κ1) is 16.5. The van der Waals surface area contributed by atoms with E-state index in [1.165, 1.54) is 24.0 Å². The van der Waals surface area contributed by atoms with Crippen LogP contribution in [-0.2, 0) is 11.3 Å². The van der Waals surface area contributed by atoms with Crippen LogP contribution in [0, 0.1) is 5.92 Å². The van der Waals surface area contributed by atoms with Crippen molar-refractivity contribution in [2.24, 2.45) is 11.7 Å². The molecule has 0 radical (unpaired) electrons. The van der Waals surface area contributed by atoms with Gasteiger partial charge in [-0.25, -0.2) is 0 Å². The third-order valence-electron chi connectivity index (χ3n) is 4.75. The van der Waals surface area contributed by atoms with Crippen LogP contribution < -0.4 is 5.73 Å². The van der Waals surface area contributed by atoms with E-state index in [-0.39, 0.29) is 0 Å². The monoisotopic (exact) mass is 290 g/mol. The Morgan fingerprint density at radius 1 is 1.24 bits per heavy atom. The molecule has 3 nitrogen and oxygen atoms in total. The minimum Gasteiger partial charge on any atom is -0.383 e. The van der Waals surface area contributed by atoms with Crippen molar-refractivity contribution < 1.29 is 4.74 Å². The summed E-state index contributed by atoms with van der Waals surface area (Å²) < 4.78 is 5.27. The molecule has 0 spiro atoms. The van der Waals surface area contributed by atoms with Crippen molar-refractivity contribution >= 4 is 0 Å². The smallest absolute Gasteiger partial charge is 0.0589 e. The molecule has 2 unspecified atom stereocenters. The highest BCUT2D eigenvalue weighted by Crippen LogP contribution is 2.35. The Morgan fingerprint density at radius 3 is 2.43 bits per heavy atom. The van der Waals surface area contributed by atoms with Gasteiger partial charge < -0.3 is 10.5 Å². The summed E-state index contributed by atoms with van der Waals surface area (Å²) in [7, 11) is 1.78. The van der Waals surface area contributed by atoms with Gasteiger partial charge in [0, 0.05) is 26.2 Å². The van der Waals surface area contributed by atoms with Crippen LogP contribution in [0.1, 0.15) is 43.7 Å². The molecule has 1 aliphatic rings. The fraction of sp³-hybridized carbons (Fsp3) is 0.667. The molecule has 0 bridgehead atoms. The van der Waals surface area contributed by atoms with E-state index in [2.05, 4.69) is 43.0 Å². The molecule has 21 heavy (non-hydrogen) atoms. The summed E-state index contributed by atoms with van der Waals surface area (Å²) in [4.78, 5) is 2.56. The summed E-state index contributed by atoms with van der Waals surface area (Å²) in [6.45, 7) is 8.07. The van der Waals surface area contributed by atoms with Crippen LogP contribution >= 0.6 is 0 Å². The first-order valence-corrected chi connectivity index (χ1v) is 8.17. The molecule has 1 aliphatic carbocycles. The van der Waals surface area contributed by atoms with Gasteiger partial charge in [-0.15, -0.1) is 0 Å². The number of ether oxygens (including phenoxy) is 1. The Balaban J connectivity index is 1.98. The zero-order valence-corrected chi connectivity index (χ0v) is 13.7. The van der Waals surface area contributed by atoms with Gasteiger partial charge in [0.15, 0.2) is 0 Å². The van der Waals surface area contributed by atoms with Crippen molar-refractivity contribution in [2.75, 3.05) is 26.8 Å². The molecule has 2 atom stereocenters. The van der Waals surface area contributed by atoms with Crippen molar-refractivity contribution in [3.05, 3.63) is 35.4 Å². The number of hydrogen-bond acceptors (Lipinski definition) is 3. The topological polar surface area (TPSA) is 38.5 Å². The van der Waals surface area contributed by atoms with Crippen LogP contribution in [0.15, 0.2) is 24.3 Å². The number of benzene rings is 1. The highest BCUT2D eigenvalue weighted by Gasteiger charge is 2.31. The lowest BCUT2D eigenvalue weighted by Crippen LogP contribution is -2.36. The quantitative estimate of drug-likeness (QED) is 0.760. The summed E-state index contributed by atoms with van der Waals surface area (Å²) in [5.41, 5.74) is 8.45. The number of hydrogen-bond donors (Lipinski definition) is 1. The molecule has 118 valence electrons. The van der Waals surface area contributed by atoms with Crippen molar-refractivity contribution in [3.63, 3.8) is 0 Å². The third-order valence-corrected chi connectivity index (χ3v) is 4.75. The van der Waals surface area contributed by atoms with Gasteiger partial charge >= 0.3 is 0 Å². The van der Waals surface area contributed by atoms with Gasteiger partial charge in [-0.1, -0.05) is 31.2 Å². The lowest BCUT2D eigenvalue weighted by molar-refractivity contribution is 0.111. The SMILES string of the molecule is COCCN(Cc1ccc(C(C)CN)cc1)C(C)C1CC1. The van der Waals surface area contributed by atoms with Crippen LogP contribution in [0.3, 0.4) is 0 Å². The Hall–Kier alpha value is -0.900. The summed E-state index contributed by atoms with van der Waals surface area (Å²) in [6, 6.07) is 9.61. The molecule has 3 heteroatoms. The molecule has 1 fully saturated rings. The van der Waals surface area contributed by atoms with Crippen molar-refractivity contribution in [1.82, 2.24) is 4.90 Å². The number of methoxy groups -OCH3 is 1. The second-order valence-corrected chi connectivity index (χ2v) is 6.42. The maximum absolute atomic E-state index is 5.74. The van der Waals surface area contributed by atoms with Gasteiger partial charge in [0.25, 0.3) is 0 Å². The normalized spacial score (nSPS) is 18.0. The standard InChI is InChI=1S/C18H30N2O/c1-14(12-19)17-6-4-16(5-7-17)13-20(10-11-21-3)15(2)18-8-9-18/h4-7,14-15,18H,8-13,19H2,1-3H3. The molecule has 2 rings (SSSR count). The predicted octanol–water partition coefficient (Wildman–Crippen LogP) is 3.00. The highest BCUT2D eigenvalue weighted by molar-refractivity contribution is 5.25. The van der Waals surface area contributed by atoms with Crippen LogP contribution in [0.2, 0.25) is 0 Å². The van der Waals surface area contributed by atoms with E-state index in [4.69, 9.17) is 10.5 Å². The predicted molar refractivity (Wildman–Crippen MR) is 88.4 cm³/mol. The maximum atomic E-state index is 5.74. The largest absolute Gasteiger partial charge is 0.383 e. The van der Waals surface area contributed by atoms with Gasteiger partial charge in [-0.2, -0.15) is 0 Å². The van der Waals surface area contributed by atoms with Crippen LogP contribution in [-0.4, -0.2) is 37.7 Å². The Bertz CT molecular complexity index is 414. The lowest BCUT2D eigenvalue weighted by atomic mass is 10.00. The Kier molecular flexibility index (Phi) is 6.22. The maximum Gasteiger partial charge on any atom is 0.0589 e. The van der Waals surface area contributed by atoms with E-state index < -0.39 is 0 Å². The fourth-order valence-corrected chi connectivity index (χ4v) is 2.83. The third kappa shape index (κ3) is 4.80. The highest BCUT2D eigenvalue weighted by atomic mass is 16.5. The Morgan fingerprint density at radius 2 is 1.90 bits per heavy atom. The fourth-order valence-electron chi connectivity index (χ4n) is 2.83. The van der Waals surface area contributed by atoms with E-state index in [0.29, 0.717) is 18.5 Å². The average Bonchev–Trinajstić information content (AvgIpc) is 3.35. The molecule has 0 aliphatic heterocycles. The average molecular weight is 290 g/mol. The second kappa shape index (κ2) is 7.92. The first-order valence-electron chi connectivity index (χ1n) is 8.17. The minimum atomic E-state index is 0.439. The molecular formula is C18H30N2O. The molecule has 2 N–H and O–H groups in total. The van der Waals surface area contributed by atoms with Crippen molar-refractivity contribution in [2.45, 2.75) is 45.2 Å². The van der Waals surface area contributed by atoms with Gasteiger partial charge in [0.1, 0.15) is 0 Å². The van der Waals surface area contributed by atoms with Crippen LogP contribution in [0.5, 0.6) is 0 Å². The van der Waals surface area contributed by atoms with Gasteiger partial charge in [0.05, 0.1) is 6.61 Å². The first-order chi connectivity index (χ1) is 10.2. The molecule has 0 amide bonds. The van der Waals surface area contributed by atoms with E-state index in [1.807, 2.05) is 0 Å². The summed E-state index contributed by atoms with van der Waals surface area (Å²) >= 11 is 0. The molecule has 1 saturated carbocycles. The van der Waals surface area contributed by atoms with Gasteiger partial charge in [-0.3, -0.25) is 4.90 Å². The second-order valence-electron chi connectivity index (χ2n) is 6.42. The van der Waals surface area contributed by atoms with E-state index in [1.54, 1.807) is 7.11 Å². The van der Waals surface area contributed by atoms with E-state index >= 15 is 0 Å². The van der Waals surface area contributed by atoms with Crippen LogP contribution in [0.25, 0.3) is 0 Å². The minimum absolute atomic E-state index is 0.439. The summed E-state index contributed by atoms with van der Waals surface area (Å²) in [5, 5.41) is 0. The zero-order chi connectivity index (χ0) is 15.2.